The van der Waals surface area contributed by atoms with Crippen LogP contribution in [-0.2, 0) is 9.53 Å². The van der Waals surface area contributed by atoms with Gasteiger partial charge in [0.1, 0.15) is 0 Å². The van der Waals surface area contributed by atoms with Crippen LogP contribution in [0.2, 0.25) is 0 Å². The molecule has 120 valence electrons. The summed E-state index contributed by atoms with van der Waals surface area (Å²) in [5.41, 5.74) is 0.800. The van der Waals surface area contributed by atoms with Crippen LogP contribution in [0.1, 0.15) is 30.5 Å². The molecule has 1 fully saturated rings. The van der Waals surface area contributed by atoms with Gasteiger partial charge in [0, 0.05) is 30.6 Å². The number of carbonyl (C=O) groups excluding carboxylic acids is 2. The topological polar surface area (TPSA) is 71.5 Å². The SMILES string of the molecule is CCOC(=O)NC1CCCN(C(=O)/C=C/c2csc(C)n2)C1. The molecule has 0 aromatic carbocycles. The normalized spacial score (nSPS) is 18.5. The van der Waals surface area contributed by atoms with Crippen LogP contribution in [0.25, 0.3) is 6.08 Å². The lowest BCUT2D eigenvalue weighted by Gasteiger charge is -2.32. The summed E-state index contributed by atoms with van der Waals surface area (Å²) in [6.07, 6.45) is 4.58. The van der Waals surface area contributed by atoms with E-state index in [1.165, 1.54) is 0 Å². The highest BCUT2D eigenvalue weighted by Crippen LogP contribution is 2.13. The van der Waals surface area contributed by atoms with Crippen LogP contribution in [-0.4, -0.2) is 47.6 Å². The van der Waals surface area contributed by atoms with Gasteiger partial charge in [-0.25, -0.2) is 9.78 Å². The molecule has 22 heavy (non-hydrogen) atoms. The largest absolute Gasteiger partial charge is 0.450 e. The third-order valence-corrected chi connectivity index (χ3v) is 4.16. The van der Waals surface area contributed by atoms with E-state index in [1.54, 1.807) is 35.3 Å². The van der Waals surface area contributed by atoms with Crippen LogP contribution in [0.3, 0.4) is 0 Å². The second kappa shape index (κ2) is 7.93. The minimum absolute atomic E-state index is 0.0494. The first-order chi connectivity index (χ1) is 10.6. The fourth-order valence-electron chi connectivity index (χ4n) is 2.35. The Kier molecular flexibility index (Phi) is 5.94. The highest BCUT2D eigenvalue weighted by atomic mass is 32.1. The van der Waals surface area contributed by atoms with Crippen molar-refractivity contribution in [3.05, 3.63) is 22.2 Å². The molecule has 1 aliphatic rings. The molecule has 7 heteroatoms. The molecule has 0 radical (unpaired) electrons. The summed E-state index contributed by atoms with van der Waals surface area (Å²) in [5.74, 6) is -0.0546. The van der Waals surface area contributed by atoms with Gasteiger partial charge in [0.15, 0.2) is 0 Å². The molecule has 0 bridgehead atoms. The third kappa shape index (κ3) is 4.84. The second-order valence-corrected chi connectivity index (χ2v) is 6.18. The van der Waals surface area contributed by atoms with Crippen molar-refractivity contribution in [1.82, 2.24) is 15.2 Å². The van der Waals surface area contributed by atoms with E-state index in [9.17, 15) is 9.59 Å². The highest BCUT2D eigenvalue weighted by Gasteiger charge is 2.23. The molecule has 1 aliphatic heterocycles. The predicted octanol–water partition coefficient (Wildman–Crippen LogP) is 2.20. The maximum atomic E-state index is 12.2. The number of rotatable bonds is 4. The Labute approximate surface area is 134 Å². The third-order valence-electron chi connectivity index (χ3n) is 3.36. The standard InChI is InChI=1S/C15H21N3O3S/c1-3-21-15(20)17-12-5-4-8-18(9-12)14(19)7-6-13-10-22-11(2)16-13/h6-7,10,12H,3-5,8-9H2,1-2H3,(H,17,20)/b7-6+. The van der Waals surface area contributed by atoms with E-state index < -0.39 is 6.09 Å². The number of aryl methyl sites for hydroxylation is 1. The van der Waals surface area contributed by atoms with Gasteiger partial charge < -0.3 is 15.0 Å². The molecule has 0 aliphatic carbocycles. The number of piperidine rings is 1. The van der Waals surface area contributed by atoms with E-state index in [2.05, 4.69) is 10.3 Å². The predicted molar refractivity (Wildman–Crippen MR) is 85.6 cm³/mol. The number of nitrogens with zero attached hydrogens (tertiary/aromatic N) is 2. The van der Waals surface area contributed by atoms with E-state index >= 15 is 0 Å². The molecule has 2 rings (SSSR count). The van der Waals surface area contributed by atoms with Crippen LogP contribution in [0, 0.1) is 6.92 Å². The van der Waals surface area contributed by atoms with E-state index in [4.69, 9.17) is 4.74 Å². The molecule has 0 spiro atoms. The van der Waals surface area contributed by atoms with Crippen molar-refractivity contribution in [1.29, 1.82) is 0 Å². The number of ether oxygens (including phenoxy) is 1. The Balaban J connectivity index is 1.87. The first kappa shape index (κ1) is 16.5. The Hall–Kier alpha value is -1.89. The number of hydrogen-bond donors (Lipinski definition) is 1. The van der Waals surface area contributed by atoms with E-state index in [-0.39, 0.29) is 11.9 Å². The zero-order valence-corrected chi connectivity index (χ0v) is 13.7. The molecule has 2 amide bonds. The van der Waals surface area contributed by atoms with Gasteiger partial charge >= 0.3 is 6.09 Å². The van der Waals surface area contributed by atoms with Crippen molar-refractivity contribution >= 4 is 29.4 Å². The Morgan fingerprint density at radius 3 is 3.09 bits per heavy atom. The average Bonchev–Trinajstić information content (AvgIpc) is 2.91. The fraction of sp³-hybridized carbons (Fsp3) is 0.533. The van der Waals surface area contributed by atoms with Gasteiger partial charge in [-0.15, -0.1) is 11.3 Å². The Morgan fingerprint density at radius 2 is 2.41 bits per heavy atom. The zero-order valence-electron chi connectivity index (χ0n) is 12.9. The Morgan fingerprint density at radius 1 is 1.59 bits per heavy atom. The van der Waals surface area contributed by atoms with Crippen LogP contribution in [0.5, 0.6) is 0 Å². The lowest BCUT2D eigenvalue weighted by atomic mass is 10.1. The average molecular weight is 323 g/mol. The maximum Gasteiger partial charge on any atom is 0.407 e. The molecule has 1 unspecified atom stereocenters. The van der Waals surface area contributed by atoms with E-state index in [1.807, 2.05) is 12.3 Å². The molecule has 6 nitrogen and oxygen atoms in total. The quantitative estimate of drug-likeness (QED) is 0.862. The van der Waals surface area contributed by atoms with Gasteiger partial charge in [0.2, 0.25) is 5.91 Å². The molecule has 2 heterocycles. The smallest absolute Gasteiger partial charge is 0.407 e. The summed E-state index contributed by atoms with van der Waals surface area (Å²) in [5, 5.41) is 5.68. The number of likely N-dealkylation sites (tertiary alicyclic amines) is 1. The summed E-state index contributed by atoms with van der Waals surface area (Å²) < 4.78 is 4.87. The number of aromatic nitrogens is 1. The van der Waals surface area contributed by atoms with Gasteiger partial charge in [0.05, 0.1) is 17.3 Å². The minimum atomic E-state index is -0.421. The van der Waals surface area contributed by atoms with Crippen LogP contribution in [0.15, 0.2) is 11.5 Å². The summed E-state index contributed by atoms with van der Waals surface area (Å²) in [7, 11) is 0. The first-order valence-electron chi connectivity index (χ1n) is 7.41. The molecular formula is C15H21N3O3S. The van der Waals surface area contributed by atoms with Crippen LogP contribution in [0.4, 0.5) is 4.79 Å². The molecule has 1 saturated heterocycles. The number of carbonyl (C=O) groups is 2. The highest BCUT2D eigenvalue weighted by molar-refractivity contribution is 7.09. The van der Waals surface area contributed by atoms with Crippen molar-refractivity contribution in [3.8, 4) is 0 Å². The zero-order chi connectivity index (χ0) is 15.9. The van der Waals surface area contributed by atoms with Crippen molar-refractivity contribution in [2.75, 3.05) is 19.7 Å². The van der Waals surface area contributed by atoms with Gasteiger partial charge in [-0.2, -0.15) is 0 Å². The summed E-state index contributed by atoms with van der Waals surface area (Å²) >= 11 is 1.55. The van der Waals surface area contributed by atoms with E-state index in [0.29, 0.717) is 19.7 Å². The van der Waals surface area contributed by atoms with Crippen LogP contribution >= 0.6 is 11.3 Å². The number of alkyl carbamates (subject to hydrolysis) is 1. The lowest BCUT2D eigenvalue weighted by molar-refractivity contribution is -0.127. The number of hydrogen-bond acceptors (Lipinski definition) is 5. The van der Waals surface area contributed by atoms with Gasteiger partial charge in [-0.05, 0) is 32.8 Å². The van der Waals surface area contributed by atoms with Crippen molar-refractivity contribution in [2.24, 2.45) is 0 Å². The molecule has 1 N–H and O–H groups in total. The van der Waals surface area contributed by atoms with Crippen LogP contribution < -0.4 is 5.32 Å². The molecule has 1 aromatic heterocycles. The van der Waals surface area contributed by atoms with Gasteiger partial charge in [0.25, 0.3) is 0 Å². The molecule has 1 aromatic rings. The number of amides is 2. The maximum absolute atomic E-state index is 12.2. The Bertz CT molecular complexity index is 556. The summed E-state index contributed by atoms with van der Waals surface area (Å²) in [4.78, 5) is 29.7. The first-order valence-corrected chi connectivity index (χ1v) is 8.29. The number of nitrogens with one attached hydrogen (secondary N) is 1. The molecule has 0 saturated carbocycles. The fourth-order valence-corrected chi connectivity index (χ4v) is 2.93. The molecular weight excluding hydrogens is 302 g/mol. The van der Waals surface area contributed by atoms with Gasteiger partial charge in [-0.1, -0.05) is 0 Å². The summed E-state index contributed by atoms with van der Waals surface area (Å²) in [6, 6.07) is -0.0494. The van der Waals surface area contributed by atoms with Crippen molar-refractivity contribution < 1.29 is 14.3 Å². The van der Waals surface area contributed by atoms with E-state index in [0.717, 1.165) is 23.5 Å². The lowest BCUT2D eigenvalue weighted by Crippen LogP contribution is -2.49. The monoisotopic (exact) mass is 323 g/mol. The van der Waals surface area contributed by atoms with Crippen molar-refractivity contribution in [2.45, 2.75) is 32.7 Å². The minimum Gasteiger partial charge on any atom is -0.450 e. The molecule has 1 atom stereocenters. The second-order valence-electron chi connectivity index (χ2n) is 5.11. The number of thiazole rings is 1. The van der Waals surface area contributed by atoms with Crippen molar-refractivity contribution in [3.63, 3.8) is 0 Å². The summed E-state index contributed by atoms with van der Waals surface area (Å²) in [6.45, 7) is 5.26. The van der Waals surface area contributed by atoms with Gasteiger partial charge in [-0.3, -0.25) is 4.79 Å².